The molecule has 2 aromatic carbocycles. The molecule has 0 aliphatic heterocycles. The van der Waals surface area contributed by atoms with Gasteiger partial charge in [0, 0.05) is 5.56 Å². The van der Waals surface area contributed by atoms with E-state index in [2.05, 4.69) is 13.0 Å². The van der Waals surface area contributed by atoms with Gasteiger partial charge in [0.05, 0.1) is 20.3 Å². The second-order valence-corrected chi connectivity index (χ2v) is 5.99. The zero-order valence-electron chi connectivity index (χ0n) is 14.9. The van der Waals surface area contributed by atoms with Crippen LogP contribution in [0.25, 0.3) is 11.1 Å². The van der Waals surface area contributed by atoms with Gasteiger partial charge in [-0.05, 0) is 55.2 Å². The average molecular weight is 328 g/mol. The van der Waals surface area contributed by atoms with E-state index in [0.29, 0.717) is 24.5 Å². The van der Waals surface area contributed by atoms with Crippen molar-refractivity contribution in [1.29, 1.82) is 0 Å². The summed E-state index contributed by atoms with van der Waals surface area (Å²) < 4.78 is 25.3. The Bertz CT molecular complexity index is 716. The van der Waals surface area contributed by atoms with E-state index in [0.717, 1.165) is 17.5 Å². The van der Waals surface area contributed by atoms with Gasteiger partial charge in [-0.25, -0.2) is 4.39 Å². The maximum atomic E-state index is 14.3. The van der Waals surface area contributed by atoms with Crippen molar-refractivity contribution in [3.05, 3.63) is 65.0 Å². The molecule has 0 amide bonds. The number of aryl methyl sites for hydroxylation is 1. The Labute approximate surface area is 143 Å². The second kappa shape index (κ2) is 8.65. The van der Waals surface area contributed by atoms with Gasteiger partial charge in [-0.15, -0.1) is 0 Å². The van der Waals surface area contributed by atoms with Gasteiger partial charge in [-0.2, -0.15) is 0 Å². The molecule has 0 heterocycles. The van der Waals surface area contributed by atoms with Gasteiger partial charge in [0.2, 0.25) is 0 Å². The number of allylic oxidation sites excluding steroid dienone is 1. The summed E-state index contributed by atoms with van der Waals surface area (Å²) >= 11 is 0. The molecule has 2 aromatic rings. The highest BCUT2D eigenvalue weighted by atomic mass is 19.1. The van der Waals surface area contributed by atoms with Gasteiger partial charge < -0.3 is 9.47 Å². The van der Waals surface area contributed by atoms with Gasteiger partial charge in [0.15, 0.2) is 0 Å². The maximum Gasteiger partial charge on any atom is 0.131 e. The fourth-order valence-electron chi connectivity index (χ4n) is 2.48. The molecule has 0 unspecified atom stereocenters. The maximum absolute atomic E-state index is 14.3. The molecule has 2 rings (SSSR count). The predicted molar refractivity (Wildman–Crippen MR) is 96.9 cm³/mol. The topological polar surface area (TPSA) is 18.5 Å². The van der Waals surface area contributed by atoms with E-state index >= 15 is 0 Å². The largest absolute Gasteiger partial charge is 0.497 e. The SMILES string of the molecule is CCc1ccc(-c2cc(OC)ccc2F)c(COCC=C(C)C)c1. The number of benzene rings is 2. The lowest BCUT2D eigenvalue weighted by Gasteiger charge is -2.13. The fourth-order valence-corrected chi connectivity index (χ4v) is 2.48. The standard InChI is InChI=1S/C21H25FO2/c1-5-16-6-8-19(17(12-16)14-24-11-10-15(2)3)20-13-18(23-4)7-9-21(20)22/h6-10,12-13H,5,11,14H2,1-4H3. The Morgan fingerprint density at radius 1 is 1.08 bits per heavy atom. The van der Waals surface area contributed by atoms with Crippen LogP contribution in [0.1, 0.15) is 31.9 Å². The molecule has 2 nitrogen and oxygen atoms in total. The molecule has 3 heteroatoms. The fraction of sp³-hybridized carbons (Fsp3) is 0.333. The van der Waals surface area contributed by atoms with Crippen molar-refractivity contribution in [2.24, 2.45) is 0 Å². The van der Waals surface area contributed by atoms with Crippen LogP contribution in [0.4, 0.5) is 4.39 Å². The first-order valence-corrected chi connectivity index (χ1v) is 8.22. The Hall–Kier alpha value is -2.13. The highest BCUT2D eigenvalue weighted by Gasteiger charge is 2.12. The summed E-state index contributed by atoms with van der Waals surface area (Å²) in [5.74, 6) is 0.382. The van der Waals surface area contributed by atoms with E-state index in [4.69, 9.17) is 9.47 Å². The molecular formula is C21H25FO2. The Morgan fingerprint density at radius 3 is 2.54 bits per heavy atom. The molecule has 0 atom stereocenters. The van der Waals surface area contributed by atoms with E-state index in [1.54, 1.807) is 19.2 Å². The van der Waals surface area contributed by atoms with Crippen LogP contribution in [0.5, 0.6) is 5.75 Å². The molecule has 0 saturated carbocycles. The Kier molecular flexibility index (Phi) is 6.56. The van der Waals surface area contributed by atoms with Crippen LogP contribution in [0.3, 0.4) is 0 Å². The number of hydrogen-bond acceptors (Lipinski definition) is 2. The summed E-state index contributed by atoms with van der Waals surface area (Å²) in [4.78, 5) is 0. The van der Waals surface area contributed by atoms with E-state index in [9.17, 15) is 4.39 Å². The lowest BCUT2D eigenvalue weighted by Crippen LogP contribution is -1.99. The molecule has 0 fully saturated rings. The number of methoxy groups -OCH3 is 1. The van der Waals surface area contributed by atoms with Crippen molar-refractivity contribution < 1.29 is 13.9 Å². The van der Waals surface area contributed by atoms with Gasteiger partial charge in [0.25, 0.3) is 0 Å². The van der Waals surface area contributed by atoms with Crippen molar-refractivity contribution in [1.82, 2.24) is 0 Å². The third-order valence-electron chi connectivity index (χ3n) is 3.91. The van der Waals surface area contributed by atoms with Crippen LogP contribution < -0.4 is 4.74 Å². The minimum absolute atomic E-state index is 0.259. The van der Waals surface area contributed by atoms with Gasteiger partial charge in [-0.3, -0.25) is 0 Å². The third-order valence-corrected chi connectivity index (χ3v) is 3.91. The smallest absolute Gasteiger partial charge is 0.131 e. The molecule has 0 bridgehead atoms. The van der Waals surface area contributed by atoms with Crippen LogP contribution >= 0.6 is 0 Å². The van der Waals surface area contributed by atoms with Gasteiger partial charge >= 0.3 is 0 Å². The summed E-state index contributed by atoms with van der Waals surface area (Å²) in [6, 6.07) is 10.9. The van der Waals surface area contributed by atoms with Crippen molar-refractivity contribution in [2.75, 3.05) is 13.7 Å². The molecule has 0 aromatic heterocycles. The summed E-state index contributed by atoms with van der Waals surface area (Å²) in [5, 5.41) is 0. The average Bonchev–Trinajstić information content (AvgIpc) is 2.59. The number of ether oxygens (including phenoxy) is 2. The number of hydrogen-bond donors (Lipinski definition) is 0. The molecule has 24 heavy (non-hydrogen) atoms. The first-order chi connectivity index (χ1) is 11.5. The highest BCUT2D eigenvalue weighted by Crippen LogP contribution is 2.31. The predicted octanol–water partition coefficient (Wildman–Crippen LogP) is 5.55. The van der Waals surface area contributed by atoms with E-state index in [1.165, 1.54) is 17.2 Å². The van der Waals surface area contributed by atoms with Crippen molar-refractivity contribution in [3.63, 3.8) is 0 Å². The van der Waals surface area contributed by atoms with E-state index in [1.807, 2.05) is 32.1 Å². The molecule has 0 N–H and O–H groups in total. The van der Waals surface area contributed by atoms with Gasteiger partial charge in [0.1, 0.15) is 11.6 Å². The highest BCUT2D eigenvalue weighted by molar-refractivity contribution is 5.69. The number of halogens is 1. The lowest BCUT2D eigenvalue weighted by molar-refractivity contribution is 0.148. The Balaban J connectivity index is 2.36. The minimum Gasteiger partial charge on any atom is -0.497 e. The molecule has 128 valence electrons. The van der Waals surface area contributed by atoms with E-state index < -0.39 is 0 Å². The first-order valence-electron chi connectivity index (χ1n) is 8.22. The first kappa shape index (κ1) is 18.2. The Morgan fingerprint density at radius 2 is 1.88 bits per heavy atom. The summed E-state index contributed by atoms with van der Waals surface area (Å²) in [6.45, 7) is 7.19. The van der Waals surface area contributed by atoms with E-state index in [-0.39, 0.29) is 5.82 Å². The third kappa shape index (κ3) is 4.68. The lowest BCUT2D eigenvalue weighted by atomic mass is 9.96. The van der Waals surface area contributed by atoms with Crippen LogP contribution in [0.15, 0.2) is 48.0 Å². The van der Waals surface area contributed by atoms with Crippen molar-refractivity contribution in [3.8, 4) is 16.9 Å². The normalized spacial score (nSPS) is 10.5. The molecule has 0 saturated heterocycles. The number of rotatable bonds is 7. The summed E-state index contributed by atoms with van der Waals surface area (Å²) in [5.41, 5.74) is 4.81. The summed E-state index contributed by atoms with van der Waals surface area (Å²) in [7, 11) is 1.58. The second-order valence-electron chi connectivity index (χ2n) is 5.99. The van der Waals surface area contributed by atoms with Crippen molar-refractivity contribution >= 4 is 0 Å². The van der Waals surface area contributed by atoms with Crippen LogP contribution in [-0.4, -0.2) is 13.7 Å². The van der Waals surface area contributed by atoms with Crippen LogP contribution in [-0.2, 0) is 17.8 Å². The molecular weight excluding hydrogens is 303 g/mol. The monoisotopic (exact) mass is 328 g/mol. The summed E-state index contributed by atoms with van der Waals surface area (Å²) in [6.07, 6.45) is 2.97. The van der Waals surface area contributed by atoms with Crippen LogP contribution in [0.2, 0.25) is 0 Å². The molecule has 0 aliphatic carbocycles. The zero-order chi connectivity index (χ0) is 17.5. The van der Waals surface area contributed by atoms with Gasteiger partial charge in [-0.1, -0.05) is 36.8 Å². The molecule has 0 spiro atoms. The zero-order valence-corrected chi connectivity index (χ0v) is 14.9. The van der Waals surface area contributed by atoms with Crippen molar-refractivity contribution in [2.45, 2.75) is 33.8 Å². The van der Waals surface area contributed by atoms with Crippen LogP contribution in [0, 0.1) is 5.82 Å². The quantitative estimate of drug-likeness (QED) is 0.490. The molecule has 0 radical (unpaired) electrons. The minimum atomic E-state index is -0.259. The molecule has 0 aliphatic rings.